The van der Waals surface area contributed by atoms with E-state index in [1.807, 2.05) is 0 Å². The minimum Gasteiger partial charge on any atom is -0.489 e. The van der Waals surface area contributed by atoms with Crippen LogP contribution in [0.4, 0.5) is 0 Å². The quantitative estimate of drug-likeness (QED) is 0.736. The van der Waals surface area contributed by atoms with E-state index in [-0.39, 0.29) is 5.54 Å². The van der Waals surface area contributed by atoms with Crippen LogP contribution in [0, 0.1) is 0 Å². The van der Waals surface area contributed by atoms with E-state index in [0.29, 0.717) is 13.2 Å². The molecule has 0 fully saturated rings. The smallest absolute Gasteiger partial charge is 0.147 e. The van der Waals surface area contributed by atoms with Crippen molar-refractivity contribution in [3.05, 3.63) is 26.6 Å². The van der Waals surface area contributed by atoms with Gasteiger partial charge in [0.25, 0.3) is 0 Å². The van der Waals surface area contributed by atoms with Gasteiger partial charge in [0, 0.05) is 19.2 Å². The number of hydrogen-bond acceptors (Lipinski definition) is 3. The Morgan fingerprint density at radius 1 is 1.11 bits per heavy atom. The average Bonchev–Trinajstić information content (AvgIpc) is 2.29. The summed E-state index contributed by atoms with van der Waals surface area (Å²) in [5, 5.41) is 3.46. The summed E-state index contributed by atoms with van der Waals surface area (Å²) in [5.41, 5.74) is 1.31. The lowest BCUT2D eigenvalue weighted by Crippen LogP contribution is -2.35. The molecule has 0 aromatic heterocycles. The third-order valence-corrected chi connectivity index (χ3v) is 3.59. The Bertz CT molecular complexity index is 393. The van der Waals surface area contributed by atoms with Crippen LogP contribution in [0.5, 0.6) is 5.75 Å². The maximum Gasteiger partial charge on any atom is 0.147 e. The maximum absolute atomic E-state index is 5.67. The summed E-state index contributed by atoms with van der Waals surface area (Å²) in [4.78, 5) is 0. The molecular formula is C14H21Br2NO2. The zero-order chi connectivity index (χ0) is 14.5. The Kier molecular flexibility index (Phi) is 6.80. The molecule has 1 rings (SSSR count). The molecule has 0 unspecified atom stereocenters. The Hall–Kier alpha value is -0.100. The van der Waals surface area contributed by atoms with Gasteiger partial charge in [-0.25, -0.2) is 0 Å². The molecule has 5 heteroatoms. The summed E-state index contributed by atoms with van der Waals surface area (Å²) < 4.78 is 12.5. The summed E-state index contributed by atoms with van der Waals surface area (Å²) in [6, 6.07) is 4.15. The van der Waals surface area contributed by atoms with Crippen molar-refractivity contribution in [1.29, 1.82) is 0 Å². The average molecular weight is 395 g/mol. The minimum absolute atomic E-state index is 0.104. The molecule has 0 aliphatic rings. The van der Waals surface area contributed by atoms with E-state index < -0.39 is 0 Å². The number of rotatable bonds is 6. The van der Waals surface area contributed by atoms with Gasteiger partial charge in [0.15, 0.2) is 0 Å². The summed E-state index contributed by atoms with van der Waals surface area (Å²) in [7, 11) is 1.66. The highest BCUT2D eigenvalue weighted by atomic mass is 79.9. The van der Waals surface area contributed by atoms with Crippen LogP contribution in [0.2, 0.25) is 0 Å². The highest BCUT2D eigenvalue weighted by Crippen LogP contribution is 2.34. The highest BCUT2D eigenvalue weighted by molar-refractivity contribution is 9.11. The molecule has 0 atom stereocenters. The van der Waals surface area contributed by atoms with Gasteiger partial charge in [0.1, 0.15) is 12.4 Å². The van der Waals surface area contributed by atoms with Crippen molar-refractivity contribution in [3.63, 3.8) is 0 Å². The molecule has 0 aliphatic carbocycles. The lowest BCUT2D eigenvalue weighted by atomic mass is 10.1. The zero-order valence-electron chi connectivity index (χ0n) is 11.8. The fourth-order valence-electron chi connectivity index (χ4n) is 1.45. The molecule has 3 nitrogen and oxygen atoms in total. The van der Waals surface area contributed by atoms with Crippen LogP contribution in [-0.2, 0) is 11.3 Å². The molecular weight excluding hydrogens is 374 g/mol. The molecule has 0 amide bonds. The summed E-state index contributed by atoms with van der Waals surface area (Å²) in [6.45, 7) is 8.39. The lowest BCUT2D eigenvalue weighted by molar-refractivity contribution is 0.145. The van der Waals surface area contributed by atoms with Gasteiger partial charge in [0.05, 0.1) is 15.6 Å². The first kappa shape index (κ1) is 17.0. The summed E-state index contributed by atoms with van der Waals surface area (Å²) in [6.07, 6.45) is 0. The zero-order valence-corrected chi connectivity index (χ0v) is 15.0. The highest BCUT2D eigenvalue weighted by Gasteiger charge is 2.12. The number of halogens is 2. The second-order valence-corrected chi connectivity index (χ2v) is 7.04. The third kappa shape index (κ3) is 6.25. The van der Waals surface area contributed by atoms with Crippen LogP contribution in [0.25, 0.3) is 0 Å². The number of benzene rings is 1. The molecule has 108 valence electrons. The first-order valence-electron chi connectivity index (χ1n) is 6.18. The predicted octanol–water partition coefficient (Wildman–Crippen LogP) is 4.12. The molecule has 0 saturated carbocycles. The second kappa shape index (κ2) is 7.62. The van der Waals surface area contributed by atoms with Crippen LogP contribution in [-0.4, -0.2) is 25.9 Å². The molecule has 1 N–H and O–H groups in total. The summed E-state index contributed by atoms with van der Waals surface area (Å²) in [5.74, 6) is 0.816. The van der Waals surface area contributed by atoms with Crippen molar-refractivity contribution >= 4 is 31.9 Å². The van der Waals surface area contributed by atoms with E-state index in [9.17, 15) is 0 Å². The Morgan fingerprint density at radius 3 is 2.16 bits per heavy atom. The Morgan fingerprint density at radius 2 is 1.68 bits per heavy atom. The summed E-state index contributed by atoms with van der Waals surface area (Å²) >= 11 is 7.09. The largest absolute Gasteiger partial charge is 0.489 e. The SMILES string of the molecule is COCCOc1c(Br)cc(CNC(C)(C)C)cc1Br. The van der Waals surface area contributed by atoms with Crippen LogP contribution < -0.4 is 10.1 Å². The van der Waals surface area contributed by atoms with Crippen molar-refractivity contribution in [2.24, 2.45) is 0 Å². The van der Waals surface area contributed by atoms with Gasteiger partial charge >= 0.3 is 0 Å². The molecule has 1 aromatic carbocycles. The van der Waals surface area contributed by atoms with E-state index in [2.05, 4.69) is 70.1 Å². The fourth-order valence-corrected chi connectivity index (χ4v) is 2.96. The molecule has 0 aliphatic heterocycles. The number of ether oxygens (including phenoxy) is 2. The Balaban J connectivity index is 2.73. The van der Waals surface area contributed by atoms with Gasteiger partial charge in [0.2, 0.25) is 0 Å². The van der Waals surface area contributed by atoms with Crippen LogP contribution in [0.1, 0.15) is 26.3 Å². The Labute approximate surface area is 132 Å². The van der Waals surface area contributed by atoms with Gasteiger partial charge < -0.3 is 14.8 Å². The van der Waals surface area contributed by atoms with E-state index in [1.165, 1.54) is 5.56 Å². The van der Waals surface area contributed by atoms with Crippen molar-refractivity contribution < 1.29 is 9.47 Å². The number of nitrogens with one attached hydrogen (secondary N) is 1. The molecule has 0 spiro atoms. The lowest BCUT2D eigenvalue weighted by Gasteiger charge is -2.21. The van der Waals surface area contributed by atoms with E-state index in [4.69, 9.17) is 9.47 Å². The topological polar surface area (TPSA) is 30.5 Å². The normalized spacial score (nSPS) is 11.7. The van der Waals surface area contributed by atoms with E-state index in [0.717, 1.165) is 21.2 Å². The molecule has 19 heavy (non-hydrogen) atoms. The standard InChI is InChI=1S/C14H21Br2NO2/c1-14(2,3)17-9-10-7-11(15)13(12(16)8-10)19-6-5-18-4/h7-8,17H,5-6,9H2,1-4H3. The van der Waals surface area contributed by atoms with Crippen LogP contribution in [0.3, 0.4) is 0 Å². The van der Waals surface area contributed by atoms with Crippen molar-refractivity contribution in [3.8, 4) is 5.75 Å². The molecule has 0 saturated heterocycles. The second-order valence-electron chi connectivity index (χ2n) is 5.33. The molecule has 0 heterocycles. The van der Waals surface area contributed by atoms with Crippen LogP contribution >= 0.6 is 31.9 Å². The molecule has 0 bridgehead atoms. The number of methoxy groups -OCH3 is 1. The predicted molar refractivity (Wildman–Crippen MR) is 85.8 cm³/mol. The van der Waals surface area contributed by atoms with Gasteiger partial charge in [-0.3, -0.25) is 0 Å². The molecule has 1 aromatic rings. The third-order valence-electron chi connectivity index (χ3n) is 2.41. The van der Waals surface area contributed by atoms with E-state index in [1.54, 1.807) is 7.11 Å². The maximum atomic E-state index is 5.67. The van der Waals surface area contributed by atoms with Crippen molar-refractivity contribution in [2.75, 3.05) is 20.3 Å². The van der Waals surface area contributed by atoms with Gasteiger partial charge in [-0.05, 0) is 70.3 Å². The fraction of sp³-hybridized carbons (Fsp3) is 0.571. The van der Waals surface area contributed by atoms with E-state index >= 15 is 0 Å². The van der Waals surface area contributed by atoms with Gasteiger partial charge in [-0.2, -0.15) is 0 Å². The van der Waals surface area contributed by atoms with Crippen molar-refractivity contribution in [2.45, 2.75) is 32.9 Å². The first-order valence-corrected chi connectivity index (χ1v) is 7.77. The minimum atomic E-state index is 0.104. The first-order chi connectivity index (χ1) is 8.83. The molecule has 0 radical (unpaired) electrons. The van der Waals surface area contributed by atoms with Gasteiger partial charge in [-0.15, -0.1) is 0 Å². The number of hydrogen-bond donors (Lipinski definition) is 1. The monoisotopic (exact) mass is 393 g/mol. The van der Waals surface area contributed by atoms with Crippen molar-refractivity contribution in [1.82, 2.24) is 5.32 Å². The van der Waals surface area contributed by atoms with Crippen LogP contribution in [0.15, 0.2) is 21.1 Å². The van der Waals surface area contributed by atoms with Gasteiger partial charge in [-0.1, -0.05) is 0 Å².